The highest BCUT2D eigenvalue weighted by Crippen LogP contribution is 2.40. The Hall–Kier alpha value is -2.89. The molecule has 6 nitrogen and oxygen atoms in total. The van der Waals surface area contributed by atoms with E-state index >= 15 is 0 Å². The van der Waals surface area contributed by atoms with E-state index in [1.165, 1.54) is 0 Å². The summed E-state index contributed by atoms with van der Waals surface area (Å²) in [5.74, 6) is 1.33. The summed E-state index contributed by atoms with van der Waals surface area (Å²) in [5.41, 5.74) is 11.7. The summed E-state index contributed by atoms with van der Waals surface area (Å²) < 4.78 is 5.19. The summed E-state index contributed by atoms with van der Waals surface area (Å²) in [7, 11) is 3.42. The predicted octanol–water partition coefficient (Wildman–Crippen LogP) is 3.67. The van der Waals surface area contributed by atoms with E-state index in [0.717, 1.165) is 46.1 Å². The molecule has 136 valence electrons. The fraction of sp³-hybridized carbons (Fsp3) is 0.350. The second kappa shape index (κ2) is 6.78. The third kappa shape index (κ3) is 3.27. The lowest BCUT2D eigenvalue weighted by atomic mass is 9.74. The monoisotopic (exact) mass is 351 g/mol. The molecule has 1 heterocycles. The van der Waals surface area contributed by atoms with Crippen LogP contribution in [0.4, 0.5) is 11.6 Å². The summed E-state index contributed by atoms with van der Waals surface area (Å²) in [6.07, 6.45) is 2.65. The summed E-state index contributed by atoms with van der Waals surface area (Å²) in [4.78, 5) is 13.6. The SMILES string of the molecule is CN=C(C)C1=C(N)CC(C)(C)c2cnc(Nc3ccc(OC)cc3)nc21. The largest absolute Gasteiger partial charge is 0.497 e. The number of rotatable bonds is 4. The number of ether oxygens (including phenoxy) is 1. The molecule has 0 atom stereocenters. The van der Waals surface area contributed by atoms with Crippen molar-refractivity contribution < 1.29 is 4.74 Å². The minimum absolute atomic E-state index is 0.115. The van der Waals surface area contributed by atoms with Gasteiger partial charge in [0.05, 0.1) is 12.8 Å². The van der Waals surface area contributed by atoms with Crippen LogP contribution in [0.15, 0.2) is 41.2 Å². The first-order valence-electron chi connectivity index (χ1n) is 8.57. The van der Waals surface area contributed by atoms with Crippen LogP contribution in [0.1, 0.15) is 38.4 Å². The van der Waals surface area contributed by atoms with E-state index < -0.39 is 0 Å². The highest BCUT2D eigenvalue weighted by molar-refractivity contribution is 6.23. The van der Waals surface area contributed by atoms with E-state index in [2.05, 4.69) is 29.1 Å². The van der Waals surface area contributed by atoms with E-state index in [0.29, 0.717) is 5.95 Å². The summed E-state index contributed by atoms with van der Waals surface area (Å²) in [6.45, 7) is 6.28. The molecular weight excluding hydrogens is 326 g/mol. The Labute approximate surface area is 154 Å². The van der Waals surface area contributed by atoms with Gasteiger partial charge in [0.25, 0.3) is 0 Å². The van der Waals surface area contributed by atoms with Gasteiger partial charge in [-0.3, -0.25) is 4.99 Å². The lowest BCUT2D eigenvalue weighted by Crippen LogP contribution is -2.30. The van der Waals surface area contributed by atoms with Gasteiger partial charge in [0.2, 0.25) is 5.95 Å². The maximum absolute atomic E-state index is 6.38. The molecular formula is C20H25N5O. The van der Waals surface area contributed by atoms with Crippen molar-refractivity contribution in [3.8, 4) is 5.75 Å². The van der Waals surface area contributed by atoms with E-state index in [-0.39, 0.29) is 5.41 Å². The van der Waals surface area contributed by atoms with Crippen molar-refractivity contribution >= 4 is 22.9 Å². The average molecular weight is 351 g/mol. The number of hydrogen-bond acceptors (Lipinski definition) is 6. The Bertz CT molecular complexity index is 882. The second-order valence-electron chi connectivity index (χ2n) is 7.08. The molecule has 0 bridgehead atoms. The van der Waals surface area contributed by atoms with Crippen molar-refractivity contribution in [3.63, 3.8) is 0 Å². The number of nitrogens with zero attached hydrogens (tertiary/aromatic N) is 3. The minimum atomic E-state index is -0.115. The summed E-state index contributed by atoms with van der Waals surface area (Å²) >= 11 is 0. The Morgan fingerprint density at radius 1 is 1.27 bits per heavy atom. The molecule has 0 fully saturated rings. The van der Waals surface area contributed by atoms with Crippen LogP contribution in [0.25, 0.3) is 5.57 Å². The molecule has 0 spiro atoms. The number of allylic oxidation sites excluding steroid dienone is 2. The molecule has 26 heavy (non-hydrogen) atoms. The van der Waals surface area contributed by atoms with Gasteiger partial charge < -0.3 is 15.8 Å². The number of aliphatic imine (C=N–C) groups is 1. The van der Waals surface area contributed by atoms with Crippen molar-refractivity contribution in [2.45, 2.75) is 32.6 Å². The molecule has 0 saturated carbocycles. The highest BCUT2D eigenvalue weighted by atomic mass is 16.5. The first kappa shape index (κ1) is 17.9. The van der Waals surface area contributed by atoms with Crippen LogP contribution < -0.4 is 15.8 Å². The summed E-state index contributed by atoms with van der Waals surface area (Å²) in [5, 5.41) is 3.24. The number of anilines is 2. The Morgan fingerprint density at radius 2 is 1.96 bits per heavy atom. The van der Waals surface area contributed by atoms with Gasteiger partial charge in [-0.05, 0) is 43.0 Å². The first-order valence-corrected chi connectivity index (χ1v) is 8.57. The molecule has 0 unspecified atom stereocenters. The topological polar surface area (TPSA) is 85.4 Å². The standard InChI is InChI=1S/C20H25N5O/c1-12(22-4)17-16(21)10-20(2,3)15-11-23-19(25-18(15)17)24-13-6-8-14(26-5)9-7-13/h6-9,11H,10,21H2,1-5H3,(H,23,24,25). The molecule has 0 amide bonds. The van der Waals surface area contributed by atoms with Crippen LogP contribution in [-0.4, -0.2) is 29.8 Å². The molecule has 1 aliphatic carbocycles. The number of aromatic nitrogens is 2. The fourth-order valence-corrected chi connectivity index (χ4v) is 3.26. The van der Waals surface area contributed by atoms with E-state index in [1.807, 2.05) is 37.4 Å². The maximum atomic E-state index is 6.38. The van der Waals surface area contributed by atoms with Crippen molar-refractivity contribution in [2.75, 3.05) is 19.5 Å². The van der Waals surface area contributed by atoms with Crippen molar-refractivity contribution in [3.05, 3.63) is 47.4 Å². The zero-order valence-electron chi connectivity index (χ0n) is 15.9. The van der Waals surface area contributed by atoms with Gasteiger partial charge in [-0.1, -0.05) is 13.8 Å². The van der Waals surface area contributed by atoms with Gasteiger partial charge >= 0.3 is 0 Å². The Morgan fingerprint density at radius 3 is 2.58 bits per heavy atom. The molecule has 6 heteroatoms. The molecule has 0 aliphatic heterocycles. The van der Waals surface area contributed by atoms with Crippen LogP contribution in [-0.2, 0) is 5.41 Å². The van der Waals surface area contributed by atoms with Gasteiger partial charge in [0.15, 0.2) is 0 Å². The number of nitrogens with two attached hydrogens (primary N) is 1. The first-order chi connectivity index (χ1) is 12.4. The molecule has 3 rings (SSSR count). The number of nitrogens with one attached hydrogen (secondary N) is 1. The molecule has 1 aromatic carbocycles. The van der Waals surface area contributed by atoms with E-state index in [9.17, 15) is 0 Å². The molecule has 0 radical (unpaired) electrons. The second-order valence-corrected chi connectivity index (χ2v) is 7.08. The maximum Gasteiger partial charge on any atom is 0.227 e. The van der Waals surface area contributed by atoms with Gasteiger partial charge in [-0.2, -0.15) is 0 Å². The van der Waals surface area contributed by atoms with Crippen molar-refractivity contribution in [2.24, 2.45) is 10.7 Å². The highest BCUT2D eigenvalue weighted by Gasteiger charge is 2.34. The van der Waals surface area contributed by atoms with Crippen LogP contribution in [0, 0.1) is 0 Å². The third-order valence-electron chi connectivity index (χ3n) is 4.75. The molecule has 1 aromatic heterocycles. The molecule has 3 N–H and O–H groups in total. The quantitative estimate of drug-likeness (QED) is 0.821. The normalized spacial score (nSPS) is 16.3. The van der Waals surface area contributed by atoms with Gasteiger partial charge in [-0.15, -0.1) is 0 Å². The van der Waals surface area contributed by atoms with Crippen LogP contribution in [0.3, 0.4) is 0 Å². The van der Waals surface area contributed by atoms with E-state index in [4.69, 9.17) is 15.5 Å². The van der Waals surface area contributed by atoms with E-state index in [1.54, 1.807) is 14.2 Å². The average Bonchev–Trinajstić information content (AvgIpc) is 2.61. The number of benzene rings is 1. The van der Waals surface area contributed by atoms with Gasteiger partial charge in [-0.25, -0.2) is 9.97 Å². The fourth-order valence-electron chi connectivity index (χ4n) is 3.26. The minimum Gasteiger partial charge on any atom is -0.497 e. The van der Waals surface area contributed by atoms with Gasteiger partial charge in [0, 0.05) is 41.5 Å². The van der Waals surface area contributed by atoms with Crippen LogP contribution in [0.2, 0.25) is 0 Å². The lowest BCUT2D eigenvalue weighted by molar-refractivity contribution is 0.415. The molecule has 1 aliphatic rings. The number of hydrogen-bond donors (Lipinski definition) is 2. The lowest BCUT2D eigenvalue weighted by Gasteiger charge is -2.33. The Kier molecular flexibility index (Phi) is 4.68. The van der Waals surface area contributed by atoms with Crippen LogP contribution in [0.5, 0.6) is 5.75 Å². The van der Waals surface area contributed by atoms with Gasteiger partial charge in [0.1, 0.15) is 5.75 Å². The summed E-state index contributed by atoms with van der Waals surface area (Å²) in [6, 6.07) is 7.63. The van der Waals surface area contributed by atoms with Crippen molar-refractivity contribution in [1.29, 1.82) is 0 Å². The predicted molar refractivity (Wildman–Crippen MR) is 106 cm³/mol. The zero-order valence-corrected chi connectivity index (χ0v) is 15.9. The van der Waals surface area contributed by atoms with Crippen molar-refractivity contribution in [1.82, 2.24) is 9.97 Å². The smallest absolute Gasteiger partial charge is 0.227 e. The third-order valence-corrected chi connectivity index (χ3v) is 4.75. The zero-order chi connectivity index (χ0) is 18.9. The number of fused-ring (bicyclic) bond motifs is 1. The number of methoxy groups -OCH3 is 1. The molecule has 0 saturated heterocycles. The molecule has 2 aromatic rings. The van der Waals surface area contributed by atoms with Crippen LogP contribution >= 0.6 is 0 Å². The Balaban J connectivity index is 2.03.